The largest absolute Gasteiger partial charge is 0.491 e. The average Bonchev–Trinajstić information content (AvgIpc) is 3.19. The van der Waals surface area contributed by atoms with Crippen LogP contribution in [-0.2, 0) is 5.54 Å². The minimum atomic E-state index is -1.24. The SMILES string of the molecule is COc1c(F)c(F)c(C2(N)CC2)c2c(=O)c(C(N)=O)c[nH]c12. The van der Waals surface area contributed by atoms with Crippen molar-refractivity contribution < 1.29 is 18.3 Å². The summed E-state index contributed by atoms with van der Waals surface area (Å²) in [7, 11) is 1.15. The number of benzene rings is 1. The molecule has 8 heteroatoms. The van der Waals surface area contributed by atoms with Crippen molar-refractivity contribution in [2.45, 2.75) is 18.4 Å². The molecule has 0 unspecified atom stereocenters. The second-order valence-electron chi connectivity index (χ2n) is 5.34. The van der Waals surface area contributed by atoms with Crippen LogP contribution in [0.3, 0.4) is 0 Å². The van der Waals surface area contributed by atoms with Crippen molar-refractivity contribution in [1.29, 1.82) is 0 Å². The third kappa shape index (κ3) is 1.80. The van der Waals surface area contributed by atoms with Crippen molar-refractivity contribution in [2.24, 2.45) is 11.5 Å². The molecule has 0 saturated heterocycles. The van der Waals surface area contributed by atoms with Crippen LogP contribution in [0.1, 0.15) is 28.8 Å². The first-order valence-electron chi connectivity index (χ1n) is 6.51. The topological polar surface area (TPSA) is 111 Å². The fourth-order valence-electron chi connectivity index (χ4n) is 2.60. The number of amides is 1. The van der Waals surface area contributed by atoms with Crippen LogP contribution in [0.15, 0.2) is 11.0 Å². The number of aromatic nitrogens is 1. The molecule has 0 atom stereocenters. The molecule has 0 aliphatic heterocycles. The van der Waals surface area contributed by atoms with Crippen LogP contribution < -0.4 is 21.6 Å². The standard InChI is InChI=1S/C14H13F2N3O3/c1-22-12-9(16)8(15)7(14(18)2-3-14)6-10(12)19-4-5(11(6)20)13(17)21/h4H,2-3,18H2,1H3,(H2,17,21)(H,19,20). The van der Waals surface area contributed by atoms with Gasteiger partial charge in [-0.15, -0.1) is 0 Å². The van der Waals surface area contributed by atoms with Crippen LogP contribution >= 0.6 is 0 Å². The zero-order valence-electron chi connectivity index (χ0n) is 11.6. The van der Waals surface area contributed by atoms with E-state index in [1.165, 1.54) is 0 Å². The quantitative estimate of drug-likeness (QED) is 0.780. The minimum Gasteiger partial charge on any atom is -0.491 e. The highest BCUT2D eigenvalue weighted by atomic mass is 19.2. The Bertz CT molecular complexity index is 872. The zero-order valence-corrected chi connectivity index (χ0v) is 11.6. The van der Waals surface area contributed by atoms with Crippen LogP contribution in [0.25, 0.3) is 10.9 Å². The number of primary amides is 1. The lowest BCUT2D eigenvalue weighted by atomic mass is 9.96. The summed E-state index contributed by atoms with van der Waals surface area (Å²) in [5, 5.41) is -0.202. The Kier molecular flexibility index (Phi) is 2.96. The lowest BCUT2D eigenvalue weighted by Crippen LogP contribution is -2.28. The highest BCUT2D eigenvalue weighted by Crippen LogP contribution is 2.48. The number of carbonyl (C=O) groups excluding carboxylic acids is 1. The normalized spacial score (nSPS) is 15.8. The van der Waals surface area contributed by atoms with Crippen molar-refractivity contribution in [3.8, 4) is 5.75 Å². The van der Waals surface area contributed by atoms with E-state index >= 15 is 0 Å². The Morgan fingerprint density at radius 2 is 2.00 bits per heavy atom. The molecule has 1 aliphatic carbocycles. The summed E-state index contributed by atoms with van der Waals surface area (Å²) < 4.78 is 33.4. The number of hydrogen-bond acceptors (Lipinski definition) is 4. The first-order chi connectivity index (χ1) is 10.3. The lowest BCUT2D eigenvalue weighted by molar-refractivity contribution is 0.0999. The molecule has 22 heavy (non-hydrogen) atoms. The molecule has 5 N–H and O–H groups in total. The number of nitrogens with two attached hydrogens (primary N) is 2. The first kappa shape index (κ1) is 14.5. The summed E-state index contributed by atoms with van der Waals surface area (Å²) in [6.45, 7) is 0. The molecular formula is C14H13F2N3O3. The maximum Gasteiger partial charge on any atom is 0.254 e. The number of pyridine rings is 1. The lowest BCUT2D eigenvalue weighted by Gasteiger charge is -2.17. The van der Waals surface area contributed by atoms with Crippen molar-refractivity contribution >= 4 is 16.8 Å². The monoisotopic (exact) mass is 309 g/mol. The molecule has 1 aromatic heterocycles. The number of rotatable bonds is 3. The van der Waals surface area contributed by atoms with Gasteiger partial charge in [-0.05, 0) is 12.8 Å². The van der Waals surface area contributed by atoms with E-state index < -0.39 is 34.3 Å². The smallest absolute Gasteiger partial charge is 0.254 e. The number of fused-ring (bicyclic) bond motifs is 1. The van der Waals surface area contributed by atoms with E-state index in [4.69, 9.17) is 16.2 Å². The van der Waals surface area contributed by atoms with E-state index in [9.17, 15) is 18.4 Å². The summed E-state index contributed by atoms with van der Waals surface area (Å²) in [5.74, 6) is -3.89. The molecule has 6 nitrogen and oxygen atoms in total. The zero-order chi connectivity index (χ0) is 16.2. The van der Waals surface area contributed by atoms with Crippen molar-refractivity contribution in [2.75, 3.05) is 7.11 Å². The van der Waals surface area contributed by atoms with Crippen molar-refractivity contribution in [3.05, 3.63) is 39.2 Å². The van der Waals surface area contributed by atoms with Gasteiger partial charge in [0.05, 0.1) is 18.0 Å². The van der Waals surface area contributed by atoms with E-state index in [1.807, 2.05) is 0 Å². The van der Waals surface area contributed by atoms with E-state index in [0.29, 0.717) is 12.8 Å². The second-order valence-corrected chi connectivity index (χ2v) is 5.34. The Morgan fingerprint density at radius 3 is 2.50 bits per heavy atom. The number of halogens is 2. The second kappa shape index (κ2) is 4.51. The van der Waals surface area contributed by atoms with Crippen LogP contribution in [0.5, 0.6) is 5.75 Å². The molecule has 2 aromatic rings. The molecule has 0 spiro atoms. The van der Waals surface area contributed by atoms with E-state index in [1.54, 1.807) is 0 Å². The number of nitrogens with one attached hydrogen (secondary N) is 1. The Balaban J connectivity index is 2.56. The van der Waals surface area contributed by atoms with Gasteiger partial charge < -0.3 is 21.2 Å². The summed E-state index contributed by atoms with van der Waals surface area (Å²) in [5.41, 5.74) is 8.52. The molecule has 1 heterocycles. The number of carbonyl (C=O) groups is 1. The van der Waals surface area contributed by atoms with Gasteiger partial charge in [-0.1, -0.05) is 0 Å². The molecule has 0 radical (unpaired) electrons. The van der Waals surface area contributed by atoms with Gasteiger partial charge in [0, 0.05) is 17.3 Å². The van der Waals surface area contributed by atoms with Gasteiger partial charge >= 0.3 is 0 Å². The third-order valence-corrected chi connectivity index (χ3v) is 3.93. The van der Waals surface area contributed by atoms with Crippen molar-refractivity contribution in [3.63, 3.8) is 0 Å². The van der Waals surface area contributed by atoms with Crippen molar-refractivity contribution in [1.82, 2.24) is 4.98 Å². The predicted octanol–water partition coefficient (Wildman–Crippen LogP) is 0.862. The Morgan fingerprint density at radius 1 is 1.36 bits per heavy atom. The molecule has 116 valence electrons. The summed E-state index contributed by atoms with van der Waals surface area (Å²) >= 11 is 0. The van der Waals surface area contributed by atoms with Gasteiger partial charge in [0.1, 0.15) is 5.56 Å². The molecule has 1 aromatic carbocycles. The van der Waals surface area contributed by atoms with Gasteiger partial charge in [-0.2, -0.15) is 4.39 Å². The predicted molar refractivity (Wildman–Crippen MR) is 74.7 cm³/mol. The van der Waals surface area contributed by atoms with Gasteiger partial charge in [-0.3, -0.25) is 9.59 Å². The number of hydrogen-bond donors (Lipinski definition) is 3. The van der Waals surface area contributed by atoms with Gasteiger partial charge in [0.25, 0.3) is 5.91 Å². The van der Waals surface area contributed by atoms with Crippen LogP contribution in [0.2, 0.25) is 0 Å². The maximum absolute atomic E-state index is 14.4. The minimum absolute atomic E-state index is 0.0527. The van der Waals surface area contributed by atoms with Gasteiger partial charge in [-0.25, -0.2) is 4.39 Å². The molecule has 1 saturated carbocycles. The van der Waals surface area contributed by atoms with Crippen LogP contribution in [-0.4, -0.2) is 18.0 Å². The van der Waals surface area contributed by atoms with Gasteiger partial charge in [0.15, 0.2) is 11.6 Å². The summed E-state index contributed by atoms with van der Waals surface area (Å²) in [4.78, 5) is 26.4. The van der Waals surface area contributed by atoms with Gasteiger partial charge in [0.2, 0.25) is 11.2 Å². The Hall–Kier alpha value is -2.48. The molecule has 1 fully saturated rings. The molecule has 1 amide bonds. The molecular weight excluding hydrogens is 296 g/mol. The number of methoxy groups -OCH3 is 1. The average molecular weight is 309 g/mol. The highest BCUT2D eigenvalue weighted by molar-refractivity contribution is 5.98. The number of H-pyrrole nitrogens is 1. The van der Waals surface area contributed by atoms with Crippen LogP contribution in [0.4, 0.5) is 8.78 Å². The first-order valence-corrected chi connectivity index (χ1v) is 6.51. The molecule has 0 bridgehead atoms. The fourth-order valence-corrected chi connectivity index (χ4v) is 2.60. The third-order valence-electron chi connectivity index (χ3n) is 3.93. The van der Waals surface area contributed by atoms with E-state index in [2.05, 4.69) is 4.98 Å². The maximum atomic E-state index is 14.4. The summed E-state index contributed by atoms with van der Waals surface area (Å²) in [6, 6.07) is 0. The van der Waals surface area contributed by atoms with E-state index in [0.717, 1.165) is 13.3 Å². The highest BCUT2D eigenvalue weighted by Gasteiger charge is 2.45. The number of aromatic amines is 1. The van der Waals surface area contributed by atoms with Crippen LogP contribution in [0, 0.1) is 11.6 Å². The fraction of sp³-hybridized carbons (Fsp3) is 0.286. The molecule has 1 aliphatic rings. The number of ether oxygens (including phenoxy) is 1. The molecule has 3 rings (SSSR count). The Labute approximate surface area is 123 Å². The summed E-state index contributed by atoms with van der Waals surface area (Å²) in [6.07, 6.45) is 1.86. The van der Waals surface area contributed by atoms with E-state index in [-0.39, 0.29) is 22.0 Å².